The summed E-state index contributed by atoms with van der Waals surface area (Å²) in [5, 5.41) is 0. The van der Waals surface area contributed by atoms with Crippen LogP contribution in [-0.2, 0) is 0 Å². The van der Waals surface area contributed by atoms with Crippen LogP contribution in [0.1, 0.15) is 16.7 Å². The minimum absolute atomic E-state index is 0.289. The van der Waals surface area contributed by atoms with Gasteiger partial charge in [-0.25, -0.2) is 0 Å². The molecule has 0 heterocycles. The van der Waals surface area contributed by atoms with Crippen LogP contribution >= 0.6 is 0 Å². The quantitative estimate of drug-likeness (QED) is 0.268. The molecule has 0 saturated carbocycles. The van der Waals surface area contributed by atoms with Gasteiger partial charge in [-0.05, 0) is 16.7 Å². The van der Waals surface area contributed by atoms with Crippen LogP contribution in [0.25, 0.3) is 0 Å². The van der Waals surface area contributed by atoms with E-state index in [1.54, 1.807) is 0 Å². The third-order valence-corrected chi connectivity index (χ3v) is 13.9. The molecule has 158 valence electrons. The fraction of sp³-hybridized carbons (Fsp3) is 0.0323. The van der Waals surface area contributed by atoms with Crippen molar-refractivity contribution >= 4 is 40.7 Å². The third kappa shape index (κ3) is 6.56. The molecule has 33 heavy (non-hydrogen) atoms. The Kier molecular flexibility index (Phi) is 8.73. The molecule has 0 aliphatic rings. The molecule has 2 heteroatoms. The van der Waals surface area contributed by atoms with Gasteiger partial charge in [0.25, 0.3) is 0 Å². The SMILES string of the molecule is [Si]C(c1ccccc1)c1ccccc1.c1cc[c]([Sn]([c]2ccccc2)[c]2ccccc2)cc1. The molecular formula is C31H26SiSn. The molecule has 0 atom stereocenters. The molecule has 0 N–H and O–H groups in total. The molecule has 0 unspecified atom stereocenters. The van der Waals surface area contributed by atoms with Crippen LogP contribution < -0.4 is 10.7 Å². The van der Waals surface area contributed by atoms with E-state index in [1.807, 2.05) is 12.1 Å². The molecule has 0 aliphatic heterocycles. The van der Waals surface area contributed by atoms with E-state index < -0.39 is 19.8 Å². The first-order chi connectivity index (χ1) is 16.3. The average Bonchev–Trinajstić information content (AvgIpc) is 2.92. The molecule has 0 aliphatic carbocycles. The van der Waals surface area contributed by atoms with Crippen LogP contribution in [0.5, 0.6) is 0 Å². The van der Waals surface area contributed by atoms with Gasteiger partial charge in [-0.15, -0.1) is 0 Å². The van der Waals surface area contributed by atoms with Crippen molar-refractivity contribution in [2.75, 3.05) is 0 Å². The van der Waals surface area contributed by atoms with Gasteiger partial charge < -0.3 is 0 Å². The maximum absolute atomic E-state index is 3.75. The van der Waals surface area contributed by atoms with E-state index in [4.69, 9.17) is 0 Å². The summed E-state index contributed by atoms with van der Waals surface area (Å²) in [4.78, 5) is 0. The van der Waals surface area contributed by atoms with Gasteiger partial charge in [-0.2, -0.15) is 0 Å². The second kappa shape index (κ2) is 12.4. The van der Waals surface area contributed by atoms with Crippen LogP contribution in [0.4, 0.5) is 0 Å². The van der Waals surface area contributed by atoms with Crippen LogP contribution in [0.3, 0.4) is 0 Å². The Morgan fingerprint density at radius 1 is 0.364 bits per heavy atom. The Morgan fingerprint density at radius 2 is 0.606 bits per heavy atom. The van der Waals surface area contributed by atoms with Crippen molar-refractivity contribution in [3.8, 4) is 0 Å². The summed E-state index contributed by atoms with van der Waals surface area (Å²) in [6.07, 6.45) is 0. The van der Waals surface area contributed by atoms with Gasteiger partial charge in [-0.1, -0.05) is 60.7 Å². The Balaban J connectivity index is 0.000000165. The molecule has 0 saturated heterocycles. The molecule has 0 fully saturated rings. The molecule has 5 rings (SSSR count). The zero-order valence-electron chi connectivity index (χ0n) is 18.5. The zero-order valence-corrected chi connectivity index (χ0v) is 22.4. The number of hydrogen-bond acceptors (Lipinski definition) is 0. The first-order valence-electron chi connectivity index (χ1n) is 11.2. The summed E-state index contributed by atoms with van der Waals surface area (Å²) >= 11 is -1.98. The van der Waals surface area contributed by atoms with Crippen molar-refractivity contribution in [2.45, 2.75) is 5.54 Å². The predicted molar refractivity (Wildman–Crippen MR) is 144 cm³/mol. The second-order valence-corrected chi connectivity index (χ2v) is 15.4. The van der Waals surface area contributed by atoms with Crippen LogP contribution in [-0.4, -0.2) is 30.0 Å². The van der Waals surface area contributed by atoms with E-state index in [0.29, 0.717) is 0 Å². The topological polar surface area (TPSA) is 0 Å². The Labute approximate surface area is 208 Å². The van der Waals surface area contributed by atoms with E-state index in [-0.39, 0.29) is 5.54 Å². The number of hydrogen-bond donors (Lipinski definition) is 0. The molecule has 0 aromatic heterocycles. The summed E-state index contributed by atoms with van der Waals surface area (Å²) in [7, 11) is 3.75. The van der Waals surface area contributed by atoms with Crippen molar-refractivity contribution in [3.05, 3.63) is 163 Å². The molecule has 0 nitrogen and oxygen atoms in total. The first kappa shape index (κ1) is 23.3. The molecule has 0 spiro atoms. The van der Waals surface area contributed by atoms with Crippen molar-refractivity contribution in [1.29, 1.82) is 0 Å². The fourth-order valence-corrected chi connectivity index (χ4v) is 11.5. The molecule has 5 aromatic rings. The molecule has 5 aromatic carbocycles. The Morgan fingerprint density at radius 3 is 0.879 bits per heavy atom. The van der Waals surface area contributed by atoms with Crippen molar-refractivity contribution < 1.29 is 0 Å². The molecule has 0 amide bonds. The Hall–Kier alpha value is -2.88. The fourth-order valence-electron chi connectivity index (χ4n) is 3.80. The zero-order chi connectivity index (χ0) is 22.7. The molecule has 4 radical (unpaired) electrons. The average molecular weight is 545 g/mol. The summed E-state index contributed by atoms with van der Waals surface area (Å²) < 4.78 is 4.59. The van der Waals surface area contributed by atoms with E-state index in [0.717, 1.165) is 0 Å². The van der Waals surface area contributed by atoms with Gasteiger partial charge in [0.1, 0.15) is 0 Å². The number of benzene rings is 5. The van der Waals surface area contributed by atoms with E-state index in [1.165, 1.54) is 21.9 Å². The van der Waals surface area contributed by atoms with E-state index >= 15 is 0 Å². The van der Waals surface area contributed by atoms with E-state index in [2.05, 4.69) is 150 Å². The first-order valence-corrected chi connectivity index (χ1v) is 16.0. The minimum atomic E-state index is -1.98. The molecule has 0 bridgehead atoms. The summed E-state index contributed by atoms with van der Waals surface area (Å²) in [6.45, 7) is 0. The van der Waals surface area contributed by atoms with Crippen molar-refractivity contribution in [1.82, 2.24) is 0 Å². The summed E-state index contributed by atoms with van der Waals surface area (Å²) in [5.41, 5.74) is 2.86. The normalized spacial score (nSPS) is 10.5. The van der Waals surface area contributed by atoms with Crippen LogP contribution in [0, 0.1) is 0 Å². The van der Waals surface area contributed by atoms with Gasteiger partial charge >= 0.3 is 121 Å². The predicted octanol–water partition coefficient (Wildman–Crippen LogP) is 5.15. The van der Waals surface area contributed by atoms with Crippen molar-refractivity contribution in [3.63, 3.8) is 0 Å². The standard InChI is InChI=1S/C13H11Si.3C6H5.Sn/c14-13(11-7-3-1-4-8-11)12-9-5-2-6-10-12;3*1-2-4-6-5-3-1;/h1-10,13H;3*1-5H;. The van der Waals surface area contributed by atoms with E-state index in [9.17, 15) is 0 Å². The number of rotatable bonds is 5. The third-order valence-electron chi connectivity index (χ3n) is 5.45. The van der Waals surface area contributed by atoms with Gasteiger partial charge in [0, 0.05) is 10.2 Å². The summed E-state index contributed by atoms with van der Waals surface area (Å²) in [6, 6.07) is 53.8. The van der Waals surface area contributed by atoms with Crippen LogP contribution in [0.2, 0.25) is 0 Å². The van der Waals surface area contributed by atoms with Crippen LogP contribution in [0.15, 0.2) is 152 Å². The summed E-state index contributed by atoms with van der Waals surface area (Å²) in [5.74, 6) is 0. The van der Waals surface area contributed by atoms with Gasteiger partial charge in [0.05, 0.1) is 0 Å². The Bertz CT molecular complexity index is 1060. The van der Waals surface area contributed by atoms with Gasteiger partial charge in [0.15, 0.2) is 0 Å². The van der Waals surface area contributed by atoms with Gasteiger partial charge in [0.2, 0.25) is 0 Å². The van der Waals surface area contributed by atoms with Crippen molar-refractivity contribution in [2.24, 2.45) is 0 Å². The monoisotopic (exact) mass is 546 g/mol. The molecular weight excluding hydrogens is 519 g/mol. The van der Waals surface area contributed by atoms with Gasteiger partial charge in [-0.3, -0.25) is 0 Å². The second-order valence-electron chi connectivity index (χ2n) is 7.73. The maximum atomic E-state index is 3.75.